The number of nitrogens with zero attached hydrogens (tertiary/aromatic N) is 1. The largest absolute Gasteiger partial charge is 0.457 e. The number of amides is 1. The summed E-state index contributed by atoms with van der Waals surface area (Å²) in [5.41, 5.74) is 1.56. The number of para-hydroxylation sites is 1. The number of aromatic nitrogens is 2. The highest BCUT2D eigenvalue weighted by atomic mass is 16.5. The Hall–Kier alpha value is -3.61. The Morgan fingerprint density at radius 3 is 2.61 bits per heavy atom. The van der Waals surface area contributed by atoms with Gasteiger partial charge in [-0.15, -0.1) is 0 Å². The molecule has 7 heteroatoms. The Kier molecular flexibility index (Phi) is 6.41. The number of hydrogen-bond donors (Lipinski definition) is 2. The molecule has 1 amide bonds. The predicted octanol–water partition coefficient (Wildman–Crippen LogP) is 3.95. The molecule has 0 aliphatic rings. The maximum Gasteiger partial charge on any atom is 0.359 e. The Morgan fingerprint density at radius 2 is 1.82 bits per heavy atom. The van der Waals surface area contributed by atoms with Crippen LogP contribution in [0.4, 0.5) is 5.69 Å². The first-order valence-electron chi connectivity index (χ1n) is 8.98. The summed E-state index contributed by atoms with van der Waals surface area (Å²) in [5, 5.41) is 9.35. The van der Waals surface area contributed by atoms with E-state index in [9.17, 15) is 9.59 Å². The van der Waals surface area contributed by atoms with Crippen LogP contribution in [-0.4, -0.2) is 28.7 Å². The first kappa shape index (κ1) is 19.2. The molecule has 0 unspecified atom stereocenters. The van der Waals surface area contributed by atoms with Crippen LogP contribution in [-0.2, 0) is 16.0 Å². The van der Waals surface area contributed by atoms with Gasteiger partial charge in [0.2, 0.25) is 0 Å². The standard InChI is InChI=1S/C21H21N3O4/c1-2-7-16-13-19(24-23-16)21(26)27-14-20(25)22-15-8-6-11-18(12-15)28-17-9-4-3-5-10-17/h3-6,8-13H,2,7,14H2,1H3,(H,22,25)(H,23,24). The molecule has 1 heterocycles. The van der Waals surface area contributed by atoms with Crippen LogP contribution in [0.25, 0.3) is 0 Å². The number of carbonyl (C=O) groups excluding carboxylic acids is 2. The van der Waals surface area contributed by atoms with E-state index in [0.29, 0.717) is 17.2 Å². The van der Waals surface area contributed by atoms with E-state index in [1.54, 1.807) is 30.3 Å². The quantitative estimate of drug-likeness (QED) is 0.578. The highest BCUT2D eigenvalue weighted by Gasteiger charge is 2.14. The SMILES string of the molecule is CCCc1cc(C(=O)OCC(=O)Nc2cccc(Oc3ccccc3)c2)n[nH]1. The molecular formula is C21H21N3O4. The number of anilines is 1. The maximum absolute atomic E-state index is 12.1. The molecule has 3 aromatic rings. The van der Waals surface area contributed by atoms with Gasteiger partial charge in [0.25, 0.3) is 5.91 Å². The number of aromatic amines is 1. The summed E-state index contributed by atoms with van der Waals surface area (Å²) in [6.07, 6.45) is 1.73. The van der Waals surface area contributed by atoms with Gasteiger partial charge in [-0.05, 0) is 36.8 Å². The van der Waals surface area contributed by atoms with Crippen LogP contribution in [0.15, 0.2) is 60.7 Å². The van der Waals surface area contributed by atoms with Gasteiger partial charge >= 0.3 is 5.97 Å². The summed E-state index contributed by atoms with van der Waals surface area (Å²) in [6, 6.07) is 17.9. The second-order valence-corrected chi connectivity index (χ2v) is 6.10. The van der Waals surface area contributed by atoms with Crippen LogP contribution in [0, 0.1) is 0 Å². The predicted molar refractivity (Wildman–Crippen MR) is 104 cm³/mol. The number of rotatable bonds is 8. The second kappa shape index (κ2) is 9.36. The molecule has 2 aromatic carbocycles. The zero-order chi connectivity index (χ0) is 19.8. The maximum atomic E-state index is 12.1. The van der Waals surface area contributed by atoms with E-state index in [1.165, 1.54) is 0 Å². The van der Waals surface area contributed by atoms with Crippen molar-refractivity contribution >= 4 is 17.6 Å². The van der Waals surface area contributed by atoms with Crippen LogP contribution in [0.1, 0.15) is 29.5 Å². The molecule has 0 atom stereocenters. The molecule has 28 heavy (non-hydrogen) atoms. The molecule has 0 radical (unpaired) electrons. The normalized spacial score (nSPS) is 10.3. The minimum Gasteiger partial charge on any atom is -0.457 e. The smallest absolute Gasteiger partial charge is 0.359 e. The van der Waals surface area contributed by atoms with Crippen LogP contribution in [0.3, 0.4) is 0 Å². The molecule has 7 nitrogen and oxygen atoms in total. The summed E-state index contributed by atoms with van der Waals surface area (Å²) >= 11 is 0. The first-order chi connectivity index (χ1) is 13.6. The molecule has 0 saturated heterocycles. The average molecular weight is 379 g/mol. The van der Waals surface area contributed by atoms with E-state index in [2.05, 4.69) is 15.5 Å². The van der Waals surface area contributed by atoms with Crippen molar-refractivity contribution in [3.05, 3.63) is 72.1 Å². The van der Waals surface area contributed by atoms with Gasteiger partial charge in [0, 0.05) is 17.4 Å². The summed E-state index contributed by atoms with van der Waals surface area (Å²) in [7, 11) is 0. The summed E-state index contributed by atoms with van der Waals surface area (Å²) in [4.78, 5) is 24.0. The van der Waals surface area contributed by atoms with E-state index in [0.717, 1.165) is 18.5 Å². The minimum absolute atomic E-state index is 0.162. The van der Waals surface area contributed by atoms with Crippen LogP contribution < -0.4 is 10.1 Å². The fourth-order valence-electron chi connectivity index (χ4n) is 2.53. The zero-order valence-corrected chi connectivity index (χ0v) is 15.5. The van der Waals surface area contributed by atoms with E-state index in [4.69, 9.17) is 9.47 Å². The number of ether oxygens (including phenoxy) is 2. The molecule has 144 valence electrons. The van der Waals surface area contributed by atoms with Crippen molar-refractivity contribution in [2.75, 3.05) is 11.9 Å². The van der Waals surface area contributed by atoms with E-state index >= 15 is 0 Å². The van der Waals surface area contributed by atoms with Crippen molar-refractivity contribution in [3.63, 3.8) is 0 Å². The third-order valence-corrected chi connectivity index (χ3v) is 3.79. The molecule has 0 spiro atoms. The van der Waals surface area contributed by atoms with Crippen molar-refractivity contribution in [2.24, 2.45) is 0 Å². The van der Waals surface area contributed by atoms with E-state index in [-0.39, 0.29) is 5.69 Å². The Balaban J connectivity index is 1.51. The molecule has 0 aliphatic carbocycles. The summed E-state index contributed by atoms with van der Waals surface area (Å²) < 4.78 is 10.7. The van der Waals surface area contributed by atoms with Crippen molar-refractivity contribution in [2.45, 2.75) is 19.8 Å². The Labute approximate surface area is 162 Å². The Bertz CT molecular complexity index is 938. The molecular weight excluding hydrogens is 358 g/mol. The second-order valence-electron chi connectivity index (χ2n) is 6.10. The highest BCUT2D eigenvalue weighted by molar-refractivity contribution is 5.94. The number of H-pyrrole nitrogens is 1. The average Bonchev–Trinajstić information content (AvgIpc) is 3.16. The van der Waals surface area contributed by atoms with Crippen molar-refractivity contribution < 1.29 is 19.1 Å². The van der Waals surface area contributed by atoms with Crippen LogP contribution in [0.5, 0.6) is 11.5 Å². The molecule has 1 aromatic heterocycles. The Morgan fingerprint density at radius 1 is 1.04 bits per heavy atom. The molecule has 0 fully saturated rings. The zero-order valence-electron chi connectivity index (χ0n) is 15.5. The van der Waals surface area contributed by atoms with Gasteiger partial charge in [0.15, 0.2) is 12.3 Å². The number of esters is 1. The topological polar surface area (TPSA) is 93.3 Å². The van der Waals surface area contributed by atoms with Gasteiger partial charge in [0.05, 0.1) is 0 Å². The van der Waals surface area contributed by atoms with Gasteiger partial charge in [-0.2, -0.15) is 5.10 Å². The molecule has 2 N–H and O–H groups in total. The number of nitrogens with one attached hydrogen (secondary N) is 2. The minimum atomic E-state index is -0.644. The molecule has 0 aliphatic heterocycles. The van der Waals surface area contributed by atoms with Gasteiger partial charge in [0.1, 0.15) is 11.5 Å². The van der Waals surface area contributed by atoms with E-state index < -0.39 is 18.5 Å². The monoisotopic (exact) mass is 379 g/mol. The highest BCUT2D eigenvalue weighted by Crippen LogP contribution is 2.23. The molecule has 3 rings (SSSR count). The fourth-order valence-corrected chi connectivity index (χ4v) is 2.53. The fraction of sp³-hybridized carbons (Fsp3) is 0.190. The number of hydrogen-bond acceptors (Lipinski definition) is 5. The summed E-state index contributed by atoms with van der Waals surface area (Å²) in [6.45, 7) is 1.63. The lowest BCUT2D eigenvalue weighted by molar-refractivity contribution is -0.119. The molecule has 0 bridgehead atoms. The van der Waals surface area contributed by atoms with Gasteiger partial charge in [-0.1, -0.05) is 37.6 Å². The van der Waals surface area contributed by atoms with Crippen molar-refractivity contribution in [1.29, 1.82) is 0 Å². The van der Waals surface area contributed by atoms with Gasteiger partial charge < -0.3 is 14.8 Å². The lowest BCUT2D eigenvalue weighted by Crippen LogP contribution is -2.21. The lowest BCUT2D eigenvalue weighted by atomic mass is 10.2. The third kappa shape index (κ3) is 5.44. The van der Waals surface area contributed by atoms with Crippen LogP contribution in [0.2, 0.25) is 0 Å². The van der Waals surface area contributed by atoms with E-state index in [1.807, 2.05) is 37.3 Å². The van der Waals surface area contributed by atoms with Crippen molar-refractivity contribution in [3.8, 4) is 11.5 Å². The van der Waals surface area contributed by atoms with Gasteiger partial charge in [-0.25, -0.2) is 4.79 Å². The number of aryl methyl sites for hydroxylation is 1. The first-order valence-corrected chi connectivity index (χ1v) is 8.98. The van der Waals surface area contributed by atoms with Gasteiger partial charge in [-0.3, -0.25) is 9.89 Å². The molecule has 0 saturated carbocycles. The lowest BCUT2D eigenvalue weighted by Gasteiger charge is -2.09. The number of benzene rings is 2. The summed E-state index contributed by atoms with van der Waals surface area (Å²) in [5.74, 6) is 0.187. The van der Waals surface area contributed by atoms with Crippen LogP contribution >= 0.6 is 0 Å². The number of carbonyl (C=O) groups is 2. The van der Waals surface area contributed by atoms with Crippen molar-refractivity contribution in [1.82, 2.24) is 10.2 Å². The third-order valence-electron chi connectivity index (χ3n) is 3.79.